The van der Waals surface area contributed by atoms with Gasteiger partial charge in [0.15, 0.2) is 23.9 Å². The third-order valence-corrected chi connectivity index (χ3v) is 7.10. The molecule has 1 unspecified atom stereocenters. The number of carbonyl (C=O) groups is 1. The molecule has 3 heterocycles. The van der Waals surface area contributed by atoms with Gasteiger partial charge >= 0.3 is 0 Å². The molecule has 1 atom stereocenters. The van der Waals surface area contributed by atoms with Crippen LogP contribution >= 0.6 is 0 Å². The standard InChI is InChI=1S/C27H28FN5O3/c1-15(34)22-24(18-9-7-17(8-10-18)23(28)27(35)36)32-26-20(14-31-33(26)25(22)29)19-11-12-21(30-13-19)16-5-3-2-4-6-16/h2-6,11-14,17-18,23,27,35-36H,7-10,29H2,1H3. The molecule has 8 nitrogen and oxygen atoms in total. The van der Waals surface area contributed by atoms with Crippen molar-refractivity contribution in [2.45, 2.75) is 51.0 Å². The second-order valence-electron chi connectivity index (χ2n) is 9.38. The molecule has 4 N–H and O–H groups in total. The quantitative estimate of drug-likeness (QED) is 0.274. The third kappa shape index (κ3) is 4.36. The van der Waals surface area contributed by atoms with Gasteiger partial charge in [-0.05, 0) is 44.6 Å². The summed E-state index contributed by atoms with van der Waals surface area (Å²) in [5.74, 6) is -0.530. The molecule has 0 spiro atoms. The number of nitrogen functional groups attached to an aromatic ring is 1. The number of carbonyl (C=O) groups excluding carboxylic acids is 1. The van der Waals surface area contributed by atoms with E-state index in [0.717, 1.165) is 22.4 Å². The number of Topliss-reactive ketones (excluding diaryl/α,β-unsaturated/α-hetero) is 1. The number of hydrogen-bond acceptors (Lipinski definition) is 7. The lowest BCUT2D eigenvalue weighted by Gasteiger charge is -2.31. The Balaban J connectivity index is 1.51. The van der Waals surface area contributed by atoms with E-state index in [1.54, 1.807) is 12.4 Å². The van der Waals surface area contributed by atoms with Crippen LogP contribution in [-0.2, 0) is 0 Å². The lowest BCUT2D eigenvalue weighted by molar-refractivity contribution is -0.114. The molecule has 1 aliphatic carbocycles. The Bertz CT molecular complexity index is 1380. The van der Waals surface area contributed by atoms with Crippen LogP contribution in [0.4, 0.5) is 10.2 Å². The van der Waals surface area contributed by atoms with Gasteiger partial charge in [0.05, 0.1) is 23.1 Å². The summed E-state index contributed by atoms with van der Waals surface area (Å²) in [6.07, 6.45) is 1.82. The zero-order valence-corrected chi connectivity index (χ0v) is 19.9. The molecule has 1 aromatic carbocycles. The minimum Gasteiger partial charge on any atom is -0.383 e. The highest BCUT2D eigenvalue weighted by atomic mass is 19.1. The molecule has 186 valence electrons. The maximum Gasteiger partial charge on any atom is 0.183 e. The number of aliphatic hydroxyl groups excluding tert-OH is 1. The summed E-state index contributed by atoms with van der Waals surface area (Å²) in [7, 11) is 0. The fourth-order valence-corrected chi connectivity index (χ4v) is 5.18. The number of anilines is 1. The lowest BCUT2D eigenvalue weighted by Crippen LogP contribution is -2.32. The van der Waals surface area contributed by atoms with E-state index < -0.39 is 18.4 Å². The molecule has 1 fully saturated rings. The average molecular weight is 490 g/mol. The number of alkyl halides is 1. The van der Waals surface area contributed by atoms with Crippen molar-refractivity contribution in [2.24, 2.45) is 5.92 Å². The van der Waals surface area contributed by atoms with Gasteiger partial charge in [-0.2, -0.15) is 9.61 Å². The topological polar surface area (TPSA) is 127 Å². The number of fused-ring (bicyclic) bond motifs is 1. The highest BCUT2D eigenvalue weighted by Gasteiger charge is 2.34. The van der Waals surface area contributed by atoms with Crippen molar-refractivity contribution in [1.82, 2.24) is 19.6 Å². The summed E-state index contributed by atoms with van der Waals surface area (Å²) in [5.41, 5.74) is 11.3. The molecule has 4 aromatic rings. The molecule has 0 bridgehead atoms. The van der Waals surface area contributed by atoms with Crippen LogP contribution in [0, 0.1) is 5.92 Å². The zero-order chi connectivity index (χ0) is 25.4. The largest absolute Gasteiger partial charge is 0.383 e. The van der Waals surface area contributed by atoms with Crippen molar-refractivity contribution < 1.29 is 19.4 Å². The molecule has 3 aromatic heterocycles. The number of nitrogens with two attached hydrogens (primary N) is 1. The summed E-state index contributed by atoms with van der Waals surface area (Å²) >= 11 is 0. The molecule has 0 amide bonds. The number of pyridine rings is 1. The van der Waals surface area contributed by atoms with Crippen molar-refractivity contribution in [1.29, 1.82) is 0 Å². The molecular weight excluding hydrogens is 461 g/mol. The van der Waals surface area contributed by atoms with E-state index in [4.69, 9.17) is 10.7 Å². The van der Waals surface area contributed by atoms with Crippen LogP contribution in [0.15, 0.2) is 54.9 Å². The molecule has 1 aliphatic rings. The van der Waals surface area contributed by atoms with Gasteiger partial charge in [-0.1, -0.05) is 36.4 Å². The van der Waals surface area contributed by atoms with E-state index in [0.29, 0.717) is 42.6 Å². The van der Waals surface area contributed by atoms with Crippen molar-refractivity contribution in [3.8, 4) is 22.4 Å². The highest BCUT2D eigenvalue weighted by Crippen LogP contribution is 2.40. The van der Waals surface area contributed by atoms with Gasteiger partial charge < -0.3 is 15.9 Å². The Hall–Kier alpha value is -3.69. The third-order valence-electron chi connectivity index (χ3n) is 7.10. The number of halogens is 1. The van der Waals surface area contributed by atoms with Crippen LogP contribution in [0.1, 0.15) is 54.6 Å². The normalized spacial score (nSPS) is 19.0. The molecule has 9 heteroatoms. The van der Waals surface area contributed by atoms with Crippen LogP contribution in [0.3, 0.4) is 0 Å². The van der Waals surface area contributed by atoms with Crippen molar-refractivity contribution in [2.75, 3.05) is 5.73 Å². The minimum absolute atomic E-state index is 0.100. The molecule has 0 aliphatic heterocycles. The van der Waals surface area contributed by atoms with Crippen LogP contribution in [0.2, 0.25) is 0 Å². The molecule has 0 radical (unpaired) electrons. The lowest BCUT2D eigenvalue weighted by atomic mass is 9.77. The molecular formula is C27H28FN5O3. The number of rotatable bonds is 6. The second-order valence-corrected chi connectivity index (χ2v) is 9.38. The van der Waals surface area contributed by atoms with Crippen molar-refractivity contribution in [3.05, 3.63) is 66.1 Å². The first-order chi connectivity index (χ1) is 17.3. The summed E-state index contributed by atoms with van der Waals surface area (Å²) in [6, 6.07) is 13.8. The number of ketones is 1. The maximum absolute atomic E-state index is 14.1. The fourth-order valence-electron chi connectivity index (χ4n) is 5.18. The first-order valence-corrected chi connectivity index (χ1v) is 12.0. The number of benzene rings is 1. The van der Waals surface area contributed by atoms with Gasteiger partial charge in [0.1, 0.15) is 5.82 Å². The summed E-state index contributed by atoms with van der Waals surface area (Å²) in [5, 5.41) is 22.8. The monoisotopic (exact) mass is 489 g/mol. The zero-order valence-electron chi connectivity index (χ0n) is 19.9. The predicted octanol–water partition coefficient (Wildman–Crippen LogP) is 4.17. The van der Waals surface area contributed by atoms with Gasteiger partial charge in [-0.3, -0.25) is 9.78 Å². The summed E-state index contributed by atoms with van der Waals surface area (Å²) in [4.78, 5) is 22.1. The molecule has 1 saturated carbocycles. The fraction of sp³-hybridized carbons (Fsp3) is 0.333. The Kier molecular flexibility index (Phi) is 6.51. The number of aliphatic hydroxyl groups is 2. The molecule has 0 saturated heterocycles. The Morgan fingerprint density at radius 1 is 1.06 bits per heavy atom. The summed E-state index contributed by atoms with van der Waals surface area (Å²) < 4.78 is 15.6. The van der Waals surface area contributed by atoms with E-state index in [2.05, 4.69) is 10.1 Å². The van der Waals surface area contributed by atoms with E-state index in [-0.39, 0.29) is 17.5 Å². The maximum atomic E-state index is 14.1. The van der Waals surface area contributed by atoms with Crippen LogP contribution in [0.25, 0.3) is 28.0 Å². The van der Waals surface area contributed by atoms with E-state index in [9.17, 15) is 19.4 Å². The van der Waals surface area contributed by atoms with Crippen molar-refractivity contribution >= 4 is 17.2 Å². The van der Waals surface area contributed by atoms with Gasteiger partial charge in [0, 0.05) is 28.8 Å². The first kappa shape index (κ1) is 24.0. The van der Waals surface area contributed by atoms with Gasteiger partial charge in [-0.25, -0.2) is 9.37 Å². The predicted molar refractivity (Wildman–Crippen MR) is 134 cm³/mol. The van der Waals surface area contributed by atoms with Gasteiger partial charge in [0.25, 0.3) is 0 Å². The average Bonchev–Trinajstić information content (AvgIpc) is 3.33. The smallest absolute Gasteiger partial charge is 0.183 e. The Morgan fingerprint density at radius 3 is 2.39 bits per heavy atom. The summed E-state index contributed by atoms with van der Waals surface area (Å²) in [6.45, 7) is 1.45. The van der Waals surface area contributed by atoms with E-state index in [1.165, 1.54) is 11.4 Å². The number of hydrogen-bond donors (Lipinski definition) is 3. The van der Waals surface area contributed by atoms with Crippen LogP contribution < -0.4 is 5.73 Å². The number of nitrogens with zero attached hydrogens (tertiary/aromatic N) is 4. The number of aromatic nitrogens is 4. The van der Waals surface area contributed by atoms with E-state index in [1.807, 2.05) is 42.5 Å². The molecule has 36 heavy (non-hydrogen) atoms. The SMILES string of the molecule is CC(=O)c1c(C2CCC(C(F)C(O)O)CC2)nc2c(-c3ccc(-c4ccccc4)nc3)cnn2c1N. The van der Waals surface area contributed by atoms with Gasteiger partial charge in [-0.15, -0.1) is 0 Å². The van der Waals surface area contributed by atoms with Crippen molar-refractivity contribution in [3.63, 3.8) is 0 Å². The Labute approximate surface area is 207 Å². The van der Waals surface area contributed by atoms with Gasteiger partial charge in [0.2, 0.25) is 0 Å². The molecule has 5 rings (SSSR count). The van der Waals surface area contributed by atoms with E-state index >= 15 is 0 Å². The Morgan fingerprint density at radius 2 is 1.78 bits per heavy atom. The first-order valence-electron chi connectivity index (χ1n) is 12.0. The minimum atomic E-state index is -1.99. The van der Waals surface area contributed by atoms with Crippen LogP contribution in [0.5, 0.6) is 0 Å². The second kappa shape index (κ2) is 9.75. The highest BCUT2D eigenvalue weighted by molar-refractivity contribution is 6.00. The van der Waals surface area contributed by atoms with Crippen LogP contribution in [-0.4, -0.2) is 48.0 Å².